The van der Waals surface area contributed by atoms with E-state index in [1.54, 1.807) is 14.2 Å². The highest BCUT2D eigenvalue weighted by Crippen LogP contribution is 2.39. The zero-order chi connectivity index (χ0) is 12.5. The number of piperidine rings is 1. The highest BCUT2D eigenvalue weighted by molar-refractivity contribution is 5.70. The number of ether oxygens (including phenoxy) is 2. The van der Waals surface area contributed by atoms with Gasteiger partial charge in [0, 0.05) is 19.3 Å². The smallest absolute Gasteiger partial charge is 0.161 e. The minimum Gasteiger partial charge on any atom is -0.493 e. The van der Waals surface area contributed by atoms with Crippen LogP contribution in [-0.4, -0.2) is 32.2 Å². The summed E-state index contributed by atoms with van der Waals surface area (Å²) in [7, 11) is 3.36. The average Bonchev–Trinajstić information content (AvgIpc) is 2.47. The second-order valence-corrected chi connectivity index (χ2v) is 4.96. The maximum atomic E-state index is 5.38. The summed E-state index contributed by atoms with van der Waals surface area (Å²) in [6.07, 6.45) is 4.87. The second kappa shape index (κ2) is 4.56. The Labute approximate surface area is 108 Å². The largest absolute Gasteiger partial charge is 0.493 e. The van der Waals surface area contributed by atoms with Gasteiger partial charge in [-0.25, -0.2) is 0 Å². The third-order valence-corrected chi connectivity index (χ3v) is 4.01. The summed E-state index contributed by atoms with van der Waals surface area (Å²) in [5.41, 5.74) is 2.72. The van der Waals surface area contributed by atoms with Crippen LogP contribution in [-0.2, 0) is 0 Å². The highest BCUT2D eigenvalue weighted by atomic mass is 16.5. The molecule has 1 saturated heterocycles. The zero-order valence-electron chi connectivity index (χ0n) is 11.0. The summed E-state index contributed by atoms with van der Waals surface area (Å²) < 4.78 is 10.7. The highest BCUT2D eigenvalue weighted by Gasteiger charge is 2.28. The van der Waals surface area contributed by atoms with E-state index in [0.29, 0.717) is 5.92 Å². The van der Waals surface area contributed by atoms with Gasteiger partial charge in [-0.05, 0) is 42.0 Å². The van der Waals surface area contributed by atoms with E-state index in [1.807, 2.05) is 6.07 Å². The van der Waals surface area contributed by atoms with Gasteiger partial charge in [0.05, 0.1) is 14.2 Å². The Morgan fingerprint density at radius 3 is 2.33 bits per heavy atom. The summed E-state index contributed by atoms with van der Waals surface area (Å²) in [4.78, 5) is 2.42. The van der Waals surface area contributed by atoms with Crippen molar-refractivity contribution in [3.8, 4) is 11.5 Å². The van der Waals surface area contributed by atoms with Crippen LogP contribution in [0.1, 0.15) is 18.4 Å². The molecule has 0 aromatic heterocycles. The first-order chi connectivity index (χ1) is 8.81. The standard InChI is InChI=1S/C15H19NO2/c1-17-14-4-3-12(9-15(14)18-2)13-10-16-7-5-11(13)6-8-16/h3-4,9-11H,5-8H2,1-2H3. The van der Waals surface area contributed by atoms with Crippen molar-refractivity contribution in [3.05, 3.63) is 30.0 Å². The molecule has 4 rings (SSSR count). The lowest BCUT2D eigenvalue weighted by atomic mass is 9.82. The van der Waals surface area contributed by atoms with E-state index in [2.05, 4.69) is 23.2 Å². The Hall–Kier alpha value is -1.64. The van der Waals surface area contributed by atoms with Gasteiger partial charge in [0.25, 0.3) is 0 Å². The number of hydrogen-bond donors (Lipinski definition) is 0. The van der Waals surface area contributed by atoms with Crippen molar-refractivity contribution in [3.63, 3.8) is 0 Å². The Kier molecular flexibility index (Phi) is 2.90. The molecule has 1 aromatic rings. The van der Waals surface area contributed by atoms with Crippen LogP contribution in [0.4, 0.5) is 0 Å². The summed E-state index contributed by atoms with van der Waals surface area (Å²) in [6.45, 7) is 2.42. The lowest BCUT2D eigenvalue weighted by Gasteiger charge is -2.39. The second-order valence-electron chi connectivity index (χ2n) is 4.96. The molecule has 0 amide bonds. The minimum absolute atomic E-state index is 0.716. The number of benzene rings is 1. The fraction of sp³-hybridized carbons (Fsp3) is 0.467. The minimum atomic E-state index is 0.716. The van der Waals surface area contributed by atoms with E-state index in [4.69, 9.17) is 9.47 Å². The van der Waals surface area contributed by atoms with E-state index in [9.17, 15) is 0 Å². The molecular formula is C15H19NO2. The number of fused-ring (bicyclic) bond motifs is 2. The van der Waals surface area contributed by atoms with E-state index in [1.165, 1.54) is 37.1 Å². The molecule has 3 heterocycles. The molecule has 3 aliphatic heterocycles. The van der Waals surface area contributed by atoms with Gasteiger partial charge in [-0.2, -0.15) is 0 Å². The molecule has 0 aliphatic carbocycles. The van der Waals surface area contributed by atoms with Gasteiger partial charge < -0.3 is 14.4 Å². The van der Waals surface area contributed by atoms with Crippen molar-refractivity contribution in [1.29, 1.82) is 0 Å². The zero-order valence-corrected chi connectivity index (χ0v) is 11.0. The fourth-order valence-corrected chi connectivity index (χ4v) is 2.97. The number of hydrogen-bond acceptors (Lipinski definition) is 3. The van der Waals surface area contributed by atoms with Crippen LogP contribution >= 0.6 is 0 Å². The summed E-state index contributed by atoms with van der Waals surface area (Å²) in [6, 6.07) is 6.22. The Bertz CT molecular complexity index is 473. The van der Waals surface area contributed by atoms with Crippen LogP contribution in [0, 0.1) is 5.92 Å². The molecule has 3 aliphatic rings. The molecule has 0 N–H and O–H groups in total. The van der Waals surface area contributed by atoms with Crippen LogP contribution in [0.15, 0.2) is 24.4 Å². The molecule has 1 fully saturated rings. The molecule has 3 heteroatoms. The summed E-state index contributed by atoms with van der Waals surface area (Å²) >= 11 is 0. The molecule has 3 nitrogen and oxygen atoms in total. The normalized spacial score (nSPS) is 18.8. The quantitative estimate of drug-likeness (QED) is 0.817. The maximum Gasteiger partial charge on any atom is 0.161 e. The molecule has 0 unspecified atom stereocenters. The molecular weight excluding hydrogens is 226 g/mol. The van der Waals surface area contributed by atoms with Gasteiger partial charge >= 0.3 is 0 Å². The van der Waals surface area contributed by atoms with Gasteiger partial charge in [0.2, 0.25) is 0 Å². The van der Waals surface area contributed by atoms with E-state index < -0.39 is 0 Å². The first-order valence-electron chi connectivity index (χ1n) is 6.50. The molecule has 18 heavy (non-hydrogen) atoms. The van der Waals surface area contributed by atoms with E-state index >= 15 is 0 Å². The van der Waals surface area contributed by atoms with Crippen LogP contribution in [0.25, 0.3) is 5.57 Å². The number of nitrogens with zero attached hydrogens (tertiary/aromatic N) is 1. The number of methoxy groups -OCH3 is 2. The van der Waals surface area contributed by atoms with E-state index in [0.717, 1.165) is 11.5 Å². The molecule has 0 atom stereocenters. The predicted octanol–water partition coefficient (Wildman–Crippen LogP) is 2.77. The summed E-state index contributed by atoms with van der Waals surface area (Å²) in [5.74, 6) is 2.32. The van der Waals surface area contributed by atoms with Crippen molar-refractivity contribution in [2.24, 2.45) is 5.92 Å². The molecule has 96 valence electrons. The van der Waals surface area contributed by atoms with Gasteiger partial charge in [-0.3, -0.25) is 0 Å². The SMILES string of the molecule is COc1ccc(C2=CN3CCC2CC3)cc1OC. The lowest BCUT2D eigenvalue weighted by Crippen LogP contribution is -2.35. The van der Waals surface area contributed by atoms with Crippen LogP contribution in [0.2, 0.25) is 0 Å². The van der Waals surface area contributed by atoms with Crippen molar-refractivity contribution in [1.82, 2.24) is 4.90 Å². The van der Waals surface area contributed by atoms with Crippen molar-refractivity contribution >= 4 is 5.57 Å². The first kappa shape index (κ1) is 11.5. The third-order valence-electron chi connectivity index (χ3n) is 4.01. The van der Waals surface area contributed by atoms with Gasteiger partial charge in [-0.1, -0.05) is 6.07 Å². The topological polar surface area (TPSA) is 21.7 Å². The predicted molar refractivity (Wildman–Crippen MR) is 71.8 cm³/mol. The van der Waals surface area contributed by atoms with Crippen LogP contribution in [0.5, 0.6) is 11.5 Å². The molecule has 2 bridgehead atoms. The van der Waals surface area contributed by atoms with Gasteiger partial charge in [0.1, 0.15) is 0 Å². The van der Waals surface area contributed by atoms with Crippen LogP contribution < -0.4 is 9.47 Å². The Morgan fingerprint density at radius 1 is 1.06 bits per heavy atom. The fourth-order valence-electron chi connectivity index (χ4n) is 2.97. The van der Waals surface area contributed by atoms with Crippen molar-refractivity contribution in [2.45, 2.75) is 12.8 Å². The van der Waals surface area contributed by atoms with E-state index in [-0.39, 0.29) is 0 Å². The Morgan fingerprint density at radius 2 is 1.78 bits per heavy atom. The van der Waals surface area contributed by atoms with Crippen molar-refractivity contribution in [2.75, 3.05) is 27.3 Å². The number of rotatable bonds is 3. The summed E-state index contributed by atoms with van der Waals surface area (Å²) in [5, 5.41) is 0. The third kappa shape index (κ3) is 1.84. The van der Waals surface area contributed by atoms with Crippen LogP contribution in [0.3, 0.4) is 0 Å². The molecule has 0 saturated carbocycles. The van der Waals surface area contributed by atoms with Gasteiger partial charge in [0.15, 0.2) is 11.5 Å². The lowest BCUT2D eigenvalue weighted by molar-refractivity contribution is 0.252. The monoisotopic (exact) mass is 245 g/mol. The first-order valence-corrected chi connectivity index (χ1v) is 6.50. The van der Waals surface area contributed by atoms with Gasteiger partial charge in [-0.15, -0.1) is 0 Å². The average molecular weight is 245 g/mol. The Balaban J connectivity index is 1.97. The molecule has 1 aromatic carbocycles. The molecule has 0 spiro atoms. The number of allylic oxidation sites excluding steroid dienone is 1. The molecule has 0 radical (unpaired) electrons. The van der Waals surface area contributed by atoms with Crippen molar-refractivity contribution < 1.29 is 9.47 Å². The maximum absolute atomic E-state index is 5.38.